The van der Waals surface area contributed by atoms with Crippen LogP contribution < -0.4 is 4.74 Å². The van der Waals surface area contributed by atoms with Crippen molar-refractivity contribution in [1.82, 2.24) is 9.55 Å². The zero-order chi connectivity index (χ0) is 15.5. The molecule has 0 spiro atoms. The summed E-state index contributed by atoms with van der Waals surface area (Å²) in [4.78, 5) is 4.63. The molecule has 0 amide bonds. The molecular formula is C18H21ClN2O2. The van der Waals surface area contributed by atoms with Gasteiger partial charge in [0.25, 0.3) is 0 Å². The molecule has 4 nitrogen and oxygen atoms in total. The molecule has 1 N–H and O–H groups in total. The van der Waals surface area contributed by atoms with Crippen molar-refractivity contribution in [2.45, 2.75) is 26.0 Å². The molecule has 0 bridgehead atoms. The number of nitrogens with zero attached hydrogens (tertiary/aromatic N) is 2. The minimum atomic E-state index is -0.746. The Balaban J connectivity index is 0.00000192. The number of hydrogen-bond donors (Lipinski definition) is 1. The van der Waals surface area contributed by atoms with Gasteiger partial charge < -0.3 is 14.4 Å². The van der Waals surface area contributed by atoms with Gasteiger partial charge in [-0.3, -0.25) is 0 Å². The molecule has 5 heteroatoms. The van der Waals surface area contributed by atoms with Crippen LogP contribution >= 0.6 is 12.4 Å². The maximum Gasteiger partial charge on any atom is 0.143 e. The molecule has 122 valence electrons. The molecule has 3 aromatic rings. The van der Waals surface area contributed by atoms with Crippen molar-refractivity contribution in [3.8, 4) is 5.75 Å². The van der Waals surface area contributed by atoms with E-state index >= 15 is 0 Å². The number of benzene rings is 2. The summed E-state index contributed by atoms with van der Waals surface area (Å²) < 4.78 is 7.26. The molecule has 0 saturated heterocycles. The van der Waals surface area contributed by atoms with E-state index in [1.165, 1.54) is 0 Å². The van der Waals surface area contributed by atoms with E-state index < -0.39 is 6.10 Å². The lowest BCUT2D eigenvalue weighted by molar-refractivity contribution is 0.205. The number of ether oxygens (including phenoxy) is 1. The number of imidazole rings is 1. The maximum atomic E-state index is 10.7. The van der Waals surface area contributed by atoms with Crippen molar-refractivity contribution >= 4 is 23.4 Å². The van der Waals surface area contributed by atoms with Gasteiger partial charge in [0.1, 0.15) is 17.7 Å². The van der Waals surface area contributed by atoms with Gasteiger partial charge in [0, 0.05) is 6.54 Å². The van der Waals surface area contributed by atoms with Crippen molar-refractivity contribution in [2.75, 3.05) is 7.11 Å². The van der Waals surface area contributed by atoms with Crippen LogP contribution in [0.15, 0.2) is 48.5 Å². The van der Waals surface area contributed by atoms with Crippen LogP contribution in [-0.4, -0.2) is 21.8 Å². The molecule has 3 rings (SSSR count). The third kappa shape index (κ3) is 3.33. The number of aliphatic hydroxyl groups excluding tert-OH is 1. The van der Waals surface area contributed by atoms with Gasteiger partial charge in [-0.05, 0) is 36.2 Å². The summed E-state index contributed by atoms with van der Waals surface area (Å²) >= 11 is 0. The average Bonchev–Trinajstić information content (AvgIpc) is 2.93. The van der Waals surface area contributed by atoms with Gasteiger partial charge in [-0.15, -0.1) is 12.4 Å². The van der Waals surface area contributed by atoms with Crippen LogP contribution in [0, 0.1) is 0 Å². The number of aliphatic hydroxyl groups is 1. The van der Waals surface area contributed by atoms with Gasteiger partial charge in [-0.25, -0.2) is 4.98 Å². The molecule has 0 aliphatic carbocycles. The number of halogens is 1. The van der Waals surface area contributed by atoms with Crippen molar-refractivity contribution in [3.63, 3.8) is 0 Å². The second kappa shape index (κ2) is 7.49. The summed E-state index contributed by atoms with van der Waals surface area (Å²) in [6, 6.07) is 15.4. The predicted molar refractivity (Wildman–Crippen MR) is 94.3 cm³/mol. The highest BCUT2D eigenvalue weighted by Gasteiger charge is 2.19. The van der Waals surface area contributed by atoms with E-state index in [1.807, 2.05) is 48.5 Å². The third-order valence-corrected chi connectivity index (χ3v) is 3.81. The Morgan fingerprint density at radius 2 is 1.83 bits per heavy atom. The first-order chi connectivity index (χ1) is 10.7. The smallest absolute Gasteiger partial charge is 0.143 e. The molecule has 1 heterocycles. The van der Waals surface area contributed by atoms with Crippen LogP contribution in [0.3, 0.4) is 0 Å². The fraction of sp³-hybridized carbons (Fsp3) is 0.278. The zero-order valence-electron chi connectivity index (χ0n) is 13.3. The number of aromatic nitrogens is 2. The van der Waals surface area contributed by atoms with Crippen LogP contribution in [0.4, 0.5) is 0 Å². The van der Waals surface area contributed by atoms with Crippen LogP contribution in [-0.2, 0) is 6.54 Å². The molecule has 1 aromatic heterocycles. The van der Waals surface area contributed by atoms with Gasteiger partial charge >= 0.3 is 0 Å². The van der Waals surface area contributed by atoms with E-state index in [-0.39, 0.29) is 12.4 Å². The van der Waals surface area contributed by atoms with E-state index in [4.69, 9.17) is 4.74 Å². The first-order valence-corrected chi connectivity index (χ1v) is 7.51. The van der Waals surface area contributed by atoms with Crippen molar-refractivity contribution < 1.29 is 9.84 Å². The zero-order valence-corrected chi connectivity index (χ0v) is 14.1. The monoisotopic (exact) mass is 332 g/mol. The number of hydrogen-bond acceptors (Lipinski definition) is 3. The molecule has 0 aliphatic heterocycles. The molecule has 1 atom stereocenters. The summed E-state index contributed by atoms with van der Waals surface area (Å²) in [5, 5.41) is 10.7. The predicted octanol–water partition coefficient (Wildman–Crippen LogP) is 3.96. The van der Waals surface area contributed by atoms with E-state index in [2.05, 4.69) is 16.5 Å². The van der Waals surface area contributed by atoms with Crippen molar-refractivity contribution in [1.29, 1.82) is 0 Å². The Bertz CT molecular complexity index is 768. The number of aryl methyl sites for hydroxylation is 1. The fourth-order valence-corrected chi connectivity index (χ4v) is 2.70. The lowest BCUT2D eigenvalue weighted by Crippen LogP contribution is -2.10. The Morgan fingerprint density at radius 3 is 2.48 bits per heavy atom. The highest BCUT2D eigenvalue weighted by molar-refractivity contribution is 5.85. The molecule has 0 radical (unpaired) electrons. The van der Waals surface area contributed by atoms with E-state index in [1.54, 1.807) is 7.11 Å². The number of para-hydroxylation sites is 2. The number of rotatable bonds is 5. The lowest BCUT2D eigenvalue weighted by Gasteiger charge is -2.14. The highest BCUT2D eigenvalue weighted by atomic mass is 35.5. The van der Waals surface area contributed by atoms with Crippen molar-refractivity contribution in [2.24, 2.45) is 0 Å². The molecule has 2 aromatic carbocycles. The Kier molecular flexibility index (Phi) is 5.64. The quantitative estimate of drug-likeness (QED) is 0.769. The van der Waals surface area contributed by atoms with Gasteiger partial charge in [-0.1, -0.05) is 31.2 Å². The maximum absolute atomic E-state index is 10.7. The van der Waals surface area contributed by atoms with Crippen LogP contribution in [0.1, 0.15) is 30.8 Å². The fourth-order valence-electron chi connectivity index (χ4n) is 2.70. The minimum Gasteiger partial charge on any atom is -0.497 e. The molecule has 0 aliphatic rings. The number of fused-ring (bicyclic) bond motifs is 1. The summed E-state index contributed by atoms with van der Waals surface area (Å²) in [7, 11) is 1.63. The number of methoxy groups -OCH3 is 1. The van der Waals surface area contributed by atoms with Crippen LogP contribution in [0.5, 0.6) is 5.75 Å². The molecule has 0 fully saturated rings. The normalized spacial score (nSPS) is 12.0. The van der Waals surface area contributed by atoms with E-state index in [0.717, 1.165) is 35.3 Å². The van der Waals surface area contributed by atoms with Crippen molar-refractivity contribution in [3.05, 3.63) is 59.9 Å². The Hall–Kier alpha value is -2.04. The summed E-state index contributed by atoms with van der Waals surface area (Å²) in [6.07, 6.45) is 0.243. The second-order valence-corrected chi connectivity index (χ2v) is 5.29. The SMILES string of the molecule is CCCn1c(C(O)c2ccc(OC)cc2)nc2ccccc21.Cl. The average molecular weight is 333 g/mol. The summed E-state index contributed by atoms with van der Waals surface area (Å²) in [5.74, 6) is 1.46. The molecular weight excluding hydrogens is 312 g/mol. The minimum absolute atomic E-state index is 0. The van der Waals surface area contributed by atoms with Gasteiger partial charge in [0.2, 0.25) is 0 Å². The first kappa shape index (κ1) is 17.3. The van der Waals surface area contributed by atoms with E-state index in [9.17, 15) is 5.11 Å². The second-order valence-electron chi connectivity index (χ2n) is 5.29. The molecule has 1 unspecified atom stereocenters. The van der Waals surface area contributed by atoms with E-state index in [0.29, 0.717) is 5.82 Å². The Labute approximate surface area is 142 Å². The largest absolute Gasteiger partial charge is 0.497 e. The standard InChI is InChI=1S/C18H20N2O2.ClH/c1-3-12-20-16-7-5-4-6-15(16)19-18(20)17(21)13-8-10-14(22-2)11-9-13;/h4-11,17,21H,3,12H2,1-2H3;1H. The molecule has 23 heavy (non-hydrogen) atoms. The molecule has 0 saturated carbocycles. The highest BCUT2D eigenvalue weighted by Crippen LogP contribution is 2.27. The first-order valence-electron chi connectivity index (χ1n) is 7.51. The summed E-state index contributed by atoms with van der Waals surface area (Å²) in [5.41, 5.74) is 2.79. The van der Waals surface area contributed by atoms with Gasteiger partial charge in [0.05, 0.1) is 18.1 Å². The van der Waals surface area contributed by atoms with Gasteiger partial charge in [0.15, 0.2) is 0 Å². The third-order valence-electron chi connectivity index (χ3n) is 3.81. The summed E-state index contributed by atoms with van der Waals surface area (Å²) in [6.45, 7) is 2.96. The Morgan fingerprint density at radius 1 is 1.13 bits per heavy atom. The van der Waals surface area contributed by atoms with Gasteiger partial charge in [-0.2, -0.15) is 0 Å². The topological polar surface area (TPSA) is 47.3 Å². The van der Waals surface area contributed by atoms with Crippen LogP contribution in [0.2, 0.25) is 0 Å². The lowest BCUT2D eigenvalue weighted by atomic mass is 10.1. The van der Waals surface area contributed by atoms with Crippen LogP contribution in [0.25, 0.3) is 11.0 Å².